The molecule has 1 atom stereocenters. The van der Waals surface area contributed by atoms with E-state index in [1.165, 1.54) is 10.5 Å². The van der Waals surface area contributed by atoms with E-state index in [0.29, 0.717) is 18.7 Å². The lowest BCUT2D eigenvalue weighted by Gasteiger charge is -2.22. The number of amides is 1. The summed E-state index contributed by atoms with van der Waals surface area (Å²) >= 11 is 0. The molecule has 2 N–H and O–H groups in total. The zero-order valence-corrected chi connectivity index (χ0v) is 15.4. The Kier molecular flexibility index (Phi) is 7.48. The zero-order chi connectivity index (χ0) is 18.1. The van der Waals surface area contributed by atoms with Crippen molar-refractivity contribution in [3.8, 4) is 5.75 Å². The van der Waals surface area contributed by atoms with Crippen LogP contribution in [0.25, 0.3) is 0 Å². The van der Waals surface area contributed by atoms with Crippen molar-refractivity contribution in [1.82, 2.24) is 5.32 Å². The summed E-state index contributed by atoms with van der Waals surface area (Å²) in [4.78, 5) is 13.7. The molecule has 0 spiro atoms. The average molecular weight is 341 g/mol. The fourth-order valence-electron chi connectivity index (χ4n) is 2.67. The normalized spacial score (nSPS) is 12.0. The largest absolute Gasteiger partial charge is 0.494 e. The highest BCUT2D eigenvalue weighted by Crippen LogP contribution is 2.13. The molecule has 0 aliphatic carbocycles. The molecule has 0 aliphatic rings. The first-order chi connectivity index (χ1) is 12.1. The van der Waals surface area contributed by atoms with Crippen LogP contribution in [0, 0.1) is 0 Å². The van der Waals surface area contributed by atoms with Gasteiger partial charge in [-0.2, -0.15) is 0 Å². The molecule has 2 rings (SSSR count). The fraction of sp³-hybridized carbons (Fsp3) is 0.381. The van der Waals surface area contributed by atoms with Gasteiger partial charge in [-0.25, -0.2) is 0 Å². The van der Waals surface area contributed by atoms with Crippen molar-refractivity contribution in [2.45, 2.75) is 25.8 Å². The maximum Gasteiger partial charge on any atom is 0.251 e. The lowest BCUT2D eigenvalue weighted by molar-refractivity contribution is -0.890. The number of carbonyl (C=O) groups is 1. The van der Waals surface area contributed by atoms with Gasteiger partial charge in [0.05, 0.1) is 27.2 Å². The van der Waals surface area contributed by atoms with Gasteiger partial charge in [0, 0.05) is 11.1 Å². The van der Waals surface area contributed by atoms with Crippen LogP contribution in [0.5, 0.6) is 5.75 Å². The third-order valence-electron chi connectivity index (χ3n) is 4.25. The molecule has 134 valence electrons. The predicted molar refractivity (Wildman–Crippen MR) is 101 cm³/mol. The van der Waals surface area contributed by atoms with Crippen LogP contribution in [0.4, 0.5) is 0 Å². The van der Waals surface area contributed by atoms with Gasteiger partial charge in [-0.1, -0.05) is 43.7 Å². The first kappa shape index (κ1) is 19.0. The minimum absolute atomic E-state index is 0.0534. The number of hydrogen-bond acceptors (Lipinski definition) is 2. The van der Waals surface area contributed by atoms with Crippen molar-refractivity contribution in [2.24, 2.45) is 0 Å². The molecule has 0 saturated carbocycles. The van der Waals surface area contributed by atoms with Crippen LogP contribution >= 0.6 is 0 Å². The van der Waals surface area contributed by atoms with Gasteiger partial charge in [0.25, 0.3) is 5.91 Å². The average Bonchev–Trinajstić information content (AvgIpc) is 2.63. The van der Waals surface area contributed by atoms with Crippen LogP contribution < -0.4 is 15.0 Å². The summed E-state index contributed by atoms with van der Waals surface area (Å²) < 4.78 is 5.63. The van der Waals surface area contributed by atoms with E-state index in [4.69, 9.17) is 4.74 Å². The SMILES string of the molecule is CCCCOc1ccc(C(=O)NC[C@@H](c2ccccc2)[NH+](C)C)cc1. The van der Waals surface area contributed by atoms with Crippen LogP contribution in [0.1, 0.15) is 41.7 Å². The fourth-order valence-corrected chi connectivity index (χ4v) is 2.67. The Balaban J connectivity index is 1.92. The molecule has 0 radical (unpaired) electrons. The standard InChI is InChI=1S/C21H28N2O2/c1-4-5-15-25-19-13-11-18(12-14-19)21(24)22-16-20(23(2)3)17-9-7-6-8-10-17/h6-14,20H,4-5,15-16H2,1-3H3,(H,22,24)/p+1/t20-/m0/s1. The minimum atomic E-state index is -0.0534. The summed E-state index contributed by atoms with van der Waals surface area (Å²) in [6, 6.07) is 17.9. The summed E-state index contributed by atoms with van der Waals surface area (Å²) in [5.74, 6) is 0.757. The molecule has 0 aliphatic heterocycles. The third-order valence-corrected chi connectivity index (χ3v) is 4.25. The van der Waals surface area contributed by atoms with Crippen LogP contribution in [-0.2, 0) is 0 Å². The van der Waals surface area contributed by atoms with Crippen molar-refractivity contribution < 1.29 is 14.4 Å². The van der Waals surface area contributed by atoms with Gasteiger partial charge in [0.15, 0.2) is 0 Å². The van der Waals surface area contributed by atoms with E-state index in [2.05, 4.69) is 38.5 Å². The topological polar surface area (TPSA) is 42.8 Å². The van der Waals surface area contributed by atoms with Crippen molar-refractivity contribution in [3.63, 3.8) is 0 Å². The molecule has 25 heavy (non-hydrogen) atoms. The summed E-state index contributed by atoms with van der Waals surface area (Å²) in [5.41, 5.74) is 1.88. The van der Waals surface area contributed by atoms with Gasteiger partial charge >= 0.3 is 0 Å². The van der Waals surface area contributed by atoms with E-state index < -0.39 is 0 Å². The molecule has 4 nitrogen and oxygen atoms in total. The number of quaternary nitrogens is 1. The number of unbranched alkanes of at least 4 members (excludes halogenated alkanes) is 1. The molecular weight excluding hydrogens is 312 g/mol. The molecule has 0 aromatic heterocycles. The number of likely N-dealkylation sites (N-methyl/N-ethyl adjacent to an activating group) is 1. The summed E-state index contributed by atoms with van der Waals surface area (Å²) in [6.45, 7) is 3.45. The first-order valence-corrected chi connectivity index (χ1v) is 8.98. The Morgan fingerprint density at radius 2 is 1.76 bits per heavy atom. The second-order valence-electron chi connectivity index (χ2n) is 6.48. The molecule has 0 heterocycles. The van der Waals surface area contributed by atoms with Gasteiger partial charge in [-0.15, -0.1) is 0 Å². The molecule has 4 heteroatoms. The Hall–Kier alpha value is -2.33. The Labute approximate surface area is 150 Å². The Morgan fingerprint density at radius 1 is 1.08 bits per heavy atom. The highest BCUT2D eigenvalue weighted by atomic mass is 16.5. The first-order valence-electron chi connectivity index (χ1n) is 8.98. The minimum Gasteiger partial charge on any atom is -0.494 e. The van der Waals surface area contributed by atoms with Gasteiger partial charge in [-0.3, -0.25) is 4.79 Å². The van der Waals surface area contributed by atoms with E-state index in [1.807, 2.05) is 42.5 Å². The van der Waals surface area contributed by atoms with Crippen LogP contribution in [0.15, 0.2) is 54.6 Å². The summed E-state index contributed by atoms with van der Waals surface area (Å²) in [5, 5.41) is 3.05. The Morgan fingerprint density at radius 3 is 2.36 bits per heavy atom. The van der Waals surface area contributed by atoms with E-state index >= 15 is 0 Å². The maximum absolute atomic E-state index is 12.4. The maximum atomic E-state index is 12.4. The molecule has 2 aromatic rings. The van der Waals surface area contributed by atoms with Crippen LogP contribution in [-0.4, -0.2) is 33.2 Å². The highest BCUT2D eigenvalue weighted by molar-refractivity contribution is 5.94. The number of rotatable bonds is 9. The molecule has 0 unspecified atom stereocenters. The smallest absolute Gasteiger partial charge is 0.251 e. The van der Waals surface area contributed by atoms with E-state index in [0.717, 1.165) is 18.6 Å². The van der Waals surface area contributed by atoms with Crippen molar-refractivity contribution >= 4 is 5.91 Å². The van der Waals surface area contributed by atoms with Gasteiger partial charge < -0.3 is 15.0 Å². The molecule has 0 bridgehead atoms. The number of nitrogens with one attached hydrogen (secondary N) is 2. The second-order valence-corrected chi connectivity index (χ2v) is 6.48. The van der Waals surface area contributed by atoms with Crippen molar-refractivity contribution in [1.29, 1.82) is 0 Å². The lowest BCUT2D eigenvalue weighted by atomic mass is 10.1. The molecule has 2 aromatic carbocycles. The molecule has 0 saturated heterocycles. The van der Waals surface area contributed by atoms with Crippen molar-refractivity contribution in [2.75, 3.05) is 27.2 Å². The van der Waals surface area contributed by atoms with Gasteiger partial charge in [0.2, 0.25) is 0 Å². The number of hydrogen-bond donors (Lipinski definition) is 2. The molecule has 1 amide bonds. The zero-order valence-electron chi connectivity index (χ0n) is 15.4. The van der Waals surface area contributed by atoms with E-state index in [-0.39, 0.29) is 11.9 Å². The highest BCUT2D eigenvalue weighted by Gasteiger charge is 2.18. The van der Waals surface area contributed by atoms with Gasteiger partial charge in [0.1, 0.15) is 11.8 Å². The van der Waals surface area contributed by atoms with Crippen LogP contribution in [0.2, 0.25) is 0 Å². The lowest BCUT2D eigenvalue weighted by Crippen LogP contribution is -3.07. The number of benzene rings is 2. The number of carbonyl (C=O) groups excluding carboxylic acids is 1. The van der Waals surface area contributed by atoms with Crippen LogP contribution in [0.3, 0.4) is 0 Å². The Bertz CT molecular complexity index is 639. The summed E-state index contributed by atoms with van der Waals surface area (Å²) in [7, 11) is 4.21. The molecule has 0 fully saturated rings. The van der Waals surface area contributed by atoms with E-state index in [9.17, 15) is 4.79 Å². The van der Waals surface area contributed by atoms with Crippen molar-refractivity contribution in [3.05, 3.63) is 65.7 Å². The third kappa shape index (κ3) is 5.91. The summed E-state index contributed by atoms with van der Waals surface area (Å²) in [6.07, 6.45) is 2.15. The predicted octanol–water partition coefficient (Wildman–Crippen LogP) is 2.48. The second kappa shape index (κ2) is 9.84. The van der Waals surface area contributed by atoms with E-state index in [1.54, 1.807) is 0 Å². The molecular formula is C21H29N2O2+. The van der Waals surface area contributed by atoms with Gasteiger partial charge in [-0.05, 0) is 30.7 Å². The monoisotopic (exact) mass is 341 g/mol. The quantitative estimate of drug-likeness (QED) is 0.688. The number of ether oxygens (including phenoxy) is 1.